The third-order valence-corrected chi connectivity index (χ3v) is 2.45. The van der Waals surface area contributed by atoms with Crippen LogP contribution in [0, 0.1) is 5.82 Å². The van der Waals surface area contributed by atoms with Crippen LogP contribution < -0.4 is 14.8 Å². The van der Waals surface area contributed by atoms with E-state index in [1.165, 1.54) is 0 Å². The lowest BCUT2D eigenvalue weighted by molar-refractivity contribution is 0.298. The average Bonchev–Trinajstić information content (AvgIpc) is 2.48. The second kappa shape index (κ2) is 6.70. The second-order valence-corrected chi connectivity index (χ2v) is 3.99. The van der Waals surface area contributed by atoms with Gasteiger partial charge in [-0.2, -0.15) is 9.37 Å². The highest BCUT2D eigenvalue weighted by Crippen LogP contribution is 2.31. The van der Waals surface area contributed by atoms with Crippen LogP contribution in [0.4, 0.5) is 10.3 Å². The SMILES string of the molecule is CCCOc1ccccc1Oc1nc(NC)ncc1F. The Bertz CT molecular complexity index is 578. The van der Waals surface area contributed by atoms with Gasteiger partial charge in [-0.3, -0.25) is 0 Å². The Labute approximate surface area is 116 Å². The lowest BCUT2D eigenvalue weighted by Gasteiger charge is -2.11. The van der Waals surface area contributed by atoms with Gasteiger partial charge in [0.05, 0.1) is 12.8 Å². The van der Waals surface area contributed by atoms with Crippen LogP contribution >= 0.6 is 0 Å². The molecule has 0 saturated heterocycles. The summed E-state index contributed by atoms with van der Waals surface area (Å²) >= 11 is 0. The fourth-order valence-corrected chi connectivity index (χ4v) is 1.51. The maximum Gasteiger partial charge on any atom is 0.261 e. The lowest BCUT2D eigenvalue weighted by Crippen LogP contribution is -2.02. The molecular weight excluding hydrogens is 261 g/mol. The van der Waals surface area contributed by atoms with Gasteiger partial charge in [-0.15, -0.1) is 0 Å². The standard InChI is InChI=1S/C14H16FN3O2/c1-3-8-19-11-6-4-5-7-12(11)20-13-10(15)9-17-14(16-2)18-13/h4-7,9H,3,8H2,1-2H3,(H,16,17,18). The molecule has 0 atom stereocenters. The molecule has 2 aromatic rings. The molecule has 0 unspecified atom stereocenters. The van der Waals surface area contributed by atoms with E-state index in [-0.39, 0.29) is 11.8 Å². The predicted octanol–water partition coefficient (Wildman–Crippen LogP) is 3.24. The highest BCUT2D eigenvalue weighted by atomic mass is 19.1. The molecule has 0 aliphatic heterocycles. The van der Waals surface area contributed by atoms with E-state index in [0.29, 0.717) is 18.1 Å². The zero-order valence-corrected chi connectivity index (χ0v) is 11.4. The van der Waals surface area contributed by atoms with Crippen LogP contribution in [0.3, 0.4) is 0 Å². The first kappa shape index (κ1) is 14.0. The number of nitrogens with zero attached hydrogens (tertiary/aromatic N) is 2. The van der Waals surface area contributed by atoms with Crippen LogP contribution in [0.15, 0.2) is 30.5 Å². The first-order valence-corrected chi connectivity index (χ1v) is 6.34. The molecule has 2 rings (SSSR count). The van der Waals surface area contributed by atoms with Crippen LogP contribution in [-0.2, 0) is 0 Å². The van der Waals surface area contributed by atoms with Gasteiger partial charge in [0, 0.05) is 7.05 Å². The highest BCUT2D eigenvalue weighted by molar-refractivity contribution is 5.42. The van der Waals surface area contributed by atoms with Gasteiger partial charge in [0.1, 0.15) is 0 Å². The van der Waals surface area contributed by atoms with E-state index in [1.807, 2.05) is 13.0 Å². The number of para-hydroxylation sites is 2. The van der Waals surface area contributed by atoms with E-state index in [4.69, 9.17) is 9.47 Å². The molecule has 1 aromatic carbocycles. The van der Waals surface area contributed by atoms with Crippen molar-refractivity contribution in [3.05, 3.63) is 36.3 Å². The molecule has 1 N–H and O–H groups in total. The molecule has 20 heavy (non-hydrogen) atoms. The van der Waals surface area contributed by atoms with Gasteiger partial charge in [0.15, 0.2) is 11.5 Å². The van der Waals surface area contributed by atoms with E-state index in [0.717, 1.165) is 12.6 Å². The predicted molar refractivity (Wildman–Crippen MR) is 73.8 cm³/mol. The first-order valence-electron chi connectivity index (χ1n) is 6.34. The molecule has 0 fully saturated rings. The summed E-state index contributed by atoms with van der Waals surface area (Å²) in [4.78, 5) is 7.70. The minimum absolute atomic E-state index is 0.142. The summed E-state index contributed by atoms with van der Waals surface area (Å²) in [5.74, 6) is 0.485. The van der Waals surface area contributed by atoms with Gasteiger partial charge in [0.2, 0.25) is 11.8 Å². The average molecular weight is 277 g/mol. The molecule has 0 amide bonds. The van der Waals surface area contributed by atoms with Gasteiger partial charge < -0.3 is 14.8 Å². The van der Waals surface area contributed by atoms with Crippen LogP contribution in [0.25, 0.3) is 0 Å². The molecule has 106 valence electrons. The van der Waals surface area contributed by atoms with Crippen molar-refractivity contribution in [1.29, 1.82) is 0 Å². The molecule has 6 heteroatoms. The van der Waals surface area contributed by atoms with Crippen molar-refractivity contribution in [3.8, 4) is 17.4 Å². The fourth-order valence-electron chi connectivity index (χ4n) is 1.51. The molecule has 0 spiro atoms. The minimum atomic E-state index is -0.630. The molecule has 1 aromatic heterocycles. The number of anilines is 1. The van der Waals surface area contributed by atoms with Crippen LogP contribution in [0.5, 0.6) is 17.4 Å². The Balaban J connectivity index is 2.25. The van der Waals surface area contributed by atoms with E-state index in [2.05, 4.69) is 15.3 Å². The van der Waals surface area contributed by atoms with Gasteiger partial charge >= 0.3 is 0 Å². The summed E-state index contributed by atoms with van der Waals surface area (Å²) in [6.45, 7) is 2.57. The van der Waals surface area contributed by atoms with E-state index >= 15 is 0 Å². The molecule has 0 radical (unpaired) electrons. The Morgan fingerprint density at radius 3 is 2.70 bits per heavy atom. The van der Waals surface area contributed by atoms with Gasteiger partial charge in [-0.05, 0) is 18.6 Å². The van der Waals surface area contributed by atoms with Crippen LogP contribution in [-0.4, -0.2) is 23.6 Å². The number of hydrogen-bond acceptors (Lipinski definition) is 5. The maximum atomic E-state index is 13.7. The monoisotopic (exact) mass is 277 g/mol. The maximum absolute atomic E-state index is 13.7. The van der Waals surface area contributed by atoms with E-state index in [1.54, 1.807) is 25.2 Å². The van der Waals surface area contributed by atoms with E-state index in [9.17, 15) is 4.39 Å². The van der Waals surface area contributed by atoms with E-state index < -0.39 is 5.82 Å². The number of aromatic nitrogens is 2. The smallest absolute Gasteiger partial charge is 0.261 e. The largest absolute Gasteiger partial charge is 0.490 e. The van der Waals surface area contributed by atoms with Crippen molar-refractivity contribution in [1.82, 2.24) is 9.97 Å². The van der Waals surface area contributed by atoms with Crippen molar-refractivity contribution in [2.24, 2.45) is 0 Å². The van der Waals surface area contributed by atoms with Gasteiger partial charge in [-0.1, -0.05) is 19.1 Å². The van der Waals surface area contributed by atoms with Gasteiger partial charge in [-0.25, -0.2) is 4.98 Å². The topological polar surface area (TPSA) is 56.3 Å². The summed E-state index contributed by atoms with van der Waals surface area (Å²) in [6.07, 6.45) is 1.93. The molecule has 0 bridgehead atoms. The zero-order valence-electron chi connectivity index (χ0n) is 11.4. The lowest BCUT2D eigenvalue weighted by atomic mass is 10.3. The number of benzene rings is 1. The summed E-state index contributed by atoms with van der Waals surface area (Å²) in [5.41, 5.74) is 0. The second-order valence-electron chi connectivity index (χ2n) is 3.99. The summed E-state index contributed by atoms with van der Waals surface area (Å²) in [7, 11) is 1.65. The van der Waals surface area contributed by atoms with Crippen LogP contribution in [0.1, 0.15) is 13.3 Å². The quantitative estimate of drug-likeness (QED) is 0.878. The fraction of sp³-hybridized carbons (Fsp3) is 0.286. The zero-order chi connectivity index (χ0) is 14.4. The number of nitrogens with one attached hydrogen (secondary N) is 1. The third-order valence-electron chi connectivity index (χ3n) is 2.45. The molecule has 0 saturated carbocycles. The molecule has 0 aliphatic carbocycles. The summed E-state index contributed by atoms with van der Waals surface area (Å²) in [5, 5.41) is 2.73. The minimum Gasteiger partial charge on any atom is -0.490 e. The Morgan fingerprint density at radius 1 is 1.25 bits per heavy atom. The molecule has 1 heterocycles. The van der Waals surface area contributed by atoms with Crippen LogP contribution in [0.2, 0.25) is 0 Å². The van der Waals surface area contributed by atoms with Crippen molar-refractivity contribution < 1.29 is 13.9 Å². The van der Waals surface area contributed by atoms with Crippen molar-refractivity contribution in [3.63, 3.8) is 0 Å². The normalized spacial score (nSPS) is 10.2. The number of hydrogen-bond donors (Lipinski definition) is 1. The Kier molecular flexibility index (Phi) is 4.70. The molecule has 5 nitrogen and oxygen atoms in total. The molecular formula is C14H16FN3O2. The number of rotatable bonds is 6. The third kappa shape index (κ3) is 3.34. The van der Waals surface area contributed by atoms with Crippen molar-refractivity contribution in [2.75, 3.05) is 19.0 Å². The first-order chi connectivity index (χ1) is 9.74. The Hall–Kier alpha value is -2.37. The van der Waals surface area contributed by atoms with Gasteiger partial charge in [0.25, 0.3) is 5.88 Å². The highest BCUT2D eigenvalue weighted by Gasteiger charge is 2.12. The van der Waals surface area contributed by atoms with Crippen molar-refractivity contribution >= 4 is 5.95 Å². The van der Waals surface area contributed by atoms with Crippen molar-refractivity contribution in [2.45, 2.75) is 13.3 Å². The number of ether oxygens (including phenoxy) is 2. The molecule has 0 aliphatic rings. The summed E-state index contributed by atoms with van der Waals surface area (Å²) in [6, 6.07) is 7.08. The summed E-state index contributed by atoms with van der Waals surface area (Å²) < 4.78 is 24.7. The Morgan fingerprint density at radius 2 is 2.00 bits per heavy atom. The number of halogens is 1.